The first-order valence-electron chi connectivity index (χ1n) is 15.8. The van der Waals surface area contributed by atoms with Crippen molar-refractivity contribution in [3.63, 3.8) is 0 Å². The third-order valence-electron chi connectivity index (χ3n) is 8.81. The Morgan fingerprint density at radius 1 is 0.936 bits per heavy atom. The lowest BCUT2D eigenvalue weighted by molar-refractivity contribution is -0.0116. The fourth-order valence-corrected chi connectivity index (χ4v) is 11.4. The van der Waals surface area contributed by atoms with Crippen LogP contribution in [0.2, 0.25) is 10.1 Å². The van der Waals surface area contributed by atoms with E-state index in [1.54, 1.807) is 17.1 Å². The van der Waals surface area contributed by atoms with Gasteiger partial charge >= 0.3 is 0 Å². The lowest BCUT2D eigenvalue weighted by atomic mass is 9.80. The van der Waals surface area contributed by atoms with Gasteiger partial charge in [-0.15, -0.1) is 0 Å². The highest BCUT2D eigenvalue weighted by atomic mass is 35.5. The molecule has 2 aromatic heterocycles. The Labute approximate surface area is 288 Å². The molecule has 8 nitrogen and oxygen atoms in total. The predicted molar refractivity (Wildman–Crippen MR) is 197 cm³/mol. The van der Waals surface area contributed by atoms with Crippen LogP contribution in [0, 0.1) is 0 Å². The predicted octanol–water partition coefficient (Wildman–Crippen LogP) is 6.49. The molecular formula is C36H40ClN7OSSi. The van der Waals surface area contributed by atoms with Crippen molar-refractivity contribution in [2.75, 3.05) is 12.0 Å². The van der Waals surface area contributed by atoms with E-state index in [2.05, 4.69) is 103 Å². The third kappa shape index (κ3) is 6.96. The van der Waals surface area contributed by atoms with Crippen LogP contribution in [-0.2, 0) is 11.5 Å². The zero-order valence-electron chi connectivity index (χ0n) is 27.1. The fourth-order valence-electron chi connectivity index (χ4n) is 6.25. The van der Waals surface area contributed by atoms with E-state index in [9.17, 15) is 0 Å². The van der Waals surface area contributed by atoms with Gasteiger partial charge in [-0.05, 0) is 59.0 Å². The maximum Gasteiger partial charge on any atom is 0.261 e. The molecule has 1 aliphatic rings. The first-order valence-corrected chi connectivity index (χ1v) is 18.5. The summed E-state index contributed by atoms with van der Waals surface area (Å²) in [4.78, 5) is 9.62. The van der Waals surface area contributed by atoms with Gasteiger partial charge in [0.2, 0.25) is 0 Å². The third-order valence-corrected chi connectivity index (χ3v) is 14.5. The van der Waals surface area contributed by atoms with Gasteiger partial charge in [0.15, 0.2) is 10.9 Å². The summed E-state index contributed by atoms with van der Waals surface area (Å²) in [6.07, 6.45) is 8.43. The van der Waals surface area contributed by atoms with E-state index in [0.717, 1.165) is 36.1 Å². The molecule has 6 rings (SSSR count). The zero-order valence-corrected chi connectivity index (χ0v) is 29.7. The summed E-state index contributed by atoms with van der Waals surface area (Å²) < 4.78 is 9.32. The van der Waals surface area contributed by atoms with Gasteiger partial charge in [-0.2, -0.15) is 5.10 Å². The van der Waals surface area contributed by atoms with Gasteiger partial charge in [-0.3, -0.25) is 15.5 Å². The maximum absolute atomic E-state index is 7.58. The Balaban J connectivity index is 1.21. The van der Waals surface area contributed by atoms with Crippen LogP contribution in [0.5, 0.6) is 0 Å². The lowest BCUT2D eigenvalue weighted by Gasteiger charge is -2.53. The molecule has 0 atom stereocenters. The summed E-state index contributed by atoms with van der Waals surface area (Å²) in [5.41, 5.74) is 9.08. The Morgan fingerprint density at radius 3 is 2.11 bits per heavy atom. The number of hydrazine groups is 1. The van der Waals surface area contributed by atoms with E-state index in [0.29, 0.717) is 28.2 Å². The number of nitrogens with zero attached hydrogens (tertiary/aromatic N) is 4. The summed E-state index contributed by atoms with van der Waals surface area (Å²) in [6, 6.07) is 29.1. The van der Waals surface area contributed by atoms with Crippen molar-refractivity contribution in [3.05, 3.63) is 109 Å². The molecule has 2 heterocycles. The molecule has 0 spiro atoms. The molecule has 0 saturated heterocycles. The topological polar surface area (TPSA) is 88.9 Å². The number of thiocarbonyl (C=S) groups is 1. The van der Waals surface area contributed by atoms with Crippen molar-refractivity contribution in [2.24, 2.45) is 7.05 Å². The minimum absolute atomic E-state index is 0.113. The standard InChI is InChI=1S/C36H40ClN7OSSi/c1-35(2,3)47(29-12-7-5-8-13-29,30-14-9-6-10-15-30)45-36(20-11-21-36)25-39-34(46)43-42-33-32(27-22-40-44(4)24-27)41-31(23-38-33)26-16-18-28(37)19-17-26/h5-10,12-19,22-24H,11,20-21,25H2,1-4H3,(H,38,42)(H2,39,43,46). The number of rotatable bonds is 10. The molecule has 3 N–H and O–H groups in total. The average Bonchev–Trinajstić information content (AvgIpc) is 3.50. The lowest BCUT2D eigenvalue weighted by Crippen LogP contribution is -2.71. The Bertz CT molecular complexity index is 1780. The number of anilines is 1. The SMILES string of the molecule is Cn1cc(-c2nc(-c3ccc(Cl)cc3)cnc2NNC(=S)NCC2(O[Si](c3ccccc3)(c3ccccc3)C(C)(C)C)CCC2)cn1. The van der Waals surface area contributed by atoms with Crippen molar-refractivity contribution in [1.82, 2.24) is 30.5 Å². The molecule has 242 valence electrons. The highest BCUT2D eigenvalue weighted by Gasteiger charge is 2.55. The molecule has 0 radical (unpaired) electrons. The summed E-state index contributed by atoms with van der Waals surface area (Å²) in [6.45, 7) is 7.53. The average molecular weight is 682 g/mol. The van der Waals surface area contributed by atoms with Gasteiger partial charge in [0.25, 0.3) is 8.32 Å². The monoisotopic (exact) mass is 681 g/mol. The second kappa shape index (κ2) is 13.6. The molecule has 11 heteroatoms. The number of hydrogen-bond acceptors (Lipinski definition) is 6. The molecule has 1 aliphatic carbocycles. The molecule has 0 aliphatic heterocycles. The van der Waals surface area contributed by atoms with Gasteiger partial charge < -0.3 is 9.74 Å². The summed E-state index contributed by atoms with van der Waals surface area (Å²) in [5, 5.41) is 11.3. The maximum atomic E-state index is 7.58. The second-order valence-electron chi connectivity index (χ2n) is 13.1. The van der Waals surface area contributed by atoms with Gasteiger partial charge in [0.1, 0.15) is 5.69 Å². The Morgan fingerprint density at radius 2 is 1.57 bits per heavy atom. The van der Waals surface area contributed by atoms with E-state index in [-0.39, 0.29) is 10.6 Å². The summed E-state index contributed by atoms with van der Waals surface area (Å²) >= 11 is 11.9. The minimum atomic E-state index is -2.73. The number of halogens is 1. The van der Waals surface area contributed by atoms with Gasteiger partial charge in [-0.1, -0.05) is 105 Å². The van der Waals surface area contributed by atoms with Gasteiger partial charge in [-0.25, -0.2) is 9.97 Å². The van der Waals surface area contributed by atoms with E-state index >= 15 is 0 Å². The zero-order chi connectivity index (χ0) is 33.1. The molecule has 0 bridgehead atoms. The van der Waals surface area contributed by atoms with Crippen molar-refractivity contribution >= 4 is 53.4 Å². The molecule has 47 heavy (non-hydrogen) atoms. The van der Waals surface area contributed by atoms with E-state index in [1.165, 1.54) is 10.4 Å². The molecule has 1 saturated carbocycles. The Kier molecular flexibility index (Phi) is 9.47. The highest BCUT2D eigenvalue weighted by Crippen LogP contribution is 2.45. The molecule has 0 amide bonds. The fraction of sp³-hybridized carbons (Fsp3) is 0.278. The quantitative estimate of drug-likeness (QED) is 0.0877. The van der Waals surface area contributed by atoms with Crippen molar-refractivity contribution in [3.8, 4) is 22.5 Å². The summed E-state index contributed by atoms with van der Waals surface area (Å²) in [5.74, 6) is 0.529. The van der Waals surface area contributed by atoms with E-state index in [1.807, 2.05) is 37.5 Å². The number of benzene rings is 3. The second-order valence-corrected chi connectivity index (χ2v) is 18.2. The Hall–Kier alpha value is -4.09. The molecule has 0 unspecified atom stereocenters. The van der Waals surface area contributed by atoms with Crippen LogP contribution >= 0.6 is 23.8 Å². The van der Waals surface area contributed by atoms with Crippen LogP contribution in [0.4, 0.5) is 5.82 Å². The van der Waals surface area contributed by atoms with Crippen LogP contribution in [0.1, 0.15) is 40.0 Å². The van der Waals surface area contributed by atoms with Crippen molar-refractivity contribution in [1.29, 1.82) is 0 Å². The van der Waals surface area contributed by atoms with Crippen LogP contribution < -0.4 is 26.5 Å². The van der Waals surface area contributed by atoms with Crippen LogP contribution in [0.25, 0.3) is 22.5 Å². The number of aromatic nitrogens is 4. The molecule has 1 fully saturated rings. The molecular weight excluding hydrogens is 642 g/mol. The van der Waals surface area contributed by atoms with Crippen molar-refractivity contribution < 1.29 is 4.43 Å². The minimum Gasteiger partial charge on any atom is -0.400 e. The number of aryl methyl sites for hydroxylation is 1. The molecule has 5 aromatic rings. The van der Waals surface area contributed by atoms with Crippen LogP contribution in [0.15, 0.2) is 104 Å². The normalized spacial score (nSPS) is 14.2. The van der Waals surface area contributed by atoms with Gasteiger partial charge in [0, 0.05) is 35.9 Å². The number of hydrogen-bond donors (Lipinski definition) is 3. The van der Waals surface area contributed by atoms with Gasteiger partial charge in [0.05, 0.1) is 23.7 Å². The summed E-state index contributed by atoms with van der Waals surface area (Å²) in [7, 11) is -0.859. The van der Waals surface area contributed by atoms with Crippen molar-refractivity contribution in [2.45, 2.75) is 50.7 Å². The van der Waals surface area contributed by atoms with E-state index < -0.39 is 8.32 Å². The largest absolute Gasteiger partial charge is 0.400 e. The van der Waals surface area contributed by atoms with Crippen LogP contribution in [0.3, 0.4) is 0 Å². The number of nitrogens with one attached hydrogen (secondary N) is 3. The molecule has 3 aromatic carbocycles. The first kappa shape index (κ1) is 32.8. The first-order chi connectivity index (χ1) is 22.6. The smallest absolute Gasteiger partial charge is 0.261 e. The van der Waals surface area contributed by atoms with E-state index in [4.69, 9.17) is 38.2 Å². The highest BCUT2D eigenvalue weighted by molar-refractivity contribution is 7.80. The van der Waals surface area contributed by atoms with Crippen LogP contribution in [-0.4, -0.2) is 45.3 Å².